The second-order valence-electron chi connectivity index (χ2n) is 4.56. The van der Waals surface area contributed by atoms with Gasteiger partial charge < -0.3 is 15.4 Å². The molecule has 0 aliphatic heterocycles. The zero-order valence-electron chi connectivity index (χ0n) is 11.5. The second kappa shape index (κ2) is 7.74. The summed E-state index contributed by atoms with van der Waals surface area (Å²) in [6.07, 6.45) is 0.396. The van der Waals surface area contributed by atoms with Crippen LogP contribution in [0, 0.1) is 5.92 Å². The van der Waals surface area contributed by atoms with Crippen LogP contribution in [0.5, 0.6) is 5.75 Å². The van der Waals surface area contributed by atoms with E-state index in [0.717, 1.165) is 11.4 Å². The Kier molecular flexibility index (Phi) is 6.29. The van der Waals surface area contributed by atoms with E-state index in [2.05, 4.69) is 24.5 Å². The molecule has 1 aromatic rings. The van der Waals surface area contributed by atoms with E-state index in [9.17, 15) is 4.79 Å². The van der Waals surface area contributed by atoms with Crippen LogP contribution in [-0.4, -0.2) is 17.6 Å². The topological polar surface area (TPSA) is 50.4 Å². The molecule has 1 aromatic carbocycles. The molecule has 4 nitrogen and oxygen atoms in total. The Bertz CT molecular complexity index is 447. The van der Waals surface area contributed by atoms with Gasteiger partial charge in [-0.25, -0.2) is 0 Å². The van der Waals surface area contributed by atoms with Crippen LogP contribution >= 0.6 is 12.2 Å². The van der Waals surface area contributed by atoms with E-state index in [1.807, 2.05) is 24.3 Å². The summed E-state index contributed by atoms with van der Waals surface area (Å²) >= 11 is 5.08. The number of thiocarbonyl (C=S) groups is 1. The summed E-state index contributed by atoms with van der Waals surface area (Å²) in [4.78, 5) is 11.2. The number of nitrogens with one attached hydrogen (secondary N) is 2. The third kappa shape index (κ3) is 5.70. The van der Waals surface area contributed by atoms with Gasteiger partial charge in [0.05, 0.1) is 12.3 Å². The third-order valence-corrected chi connectivity index (χ3v) is 2.49. The first-order valence-corrected chi connectivity index (χ1v) is 6.76. The standard InChI is InChI=1S/C14H20N2O2S/c1-4-13(17)16-14(19)15-11-7-5-6-8-12(11)18-9-10(2)3/h5-8,10H,4,9H2,1-3H3,(H2,15,16,17,19). The minimum Gasteiger partial charge on any atom is -0.491 e. The number of ether oxygens (including phenoxy) is 1. The quantitative estimate of drug-likeness (QED) is 0.814. The Morgan fingerprint density at radius 1 is 1.37 bits per heavy atom. The van der Waals surface area contributed by atoms with Crippen molar-refractivity contribution in [2.75, 3.05) is 11.9 Å². The molecule has 0 aliphatic rings. The maximum Gasteiger partial charge on any atom is 0.225 e. The summed E-state index contributed by atoms with van der Waals surface area (Å²) in [7, 11) is 0. The molecule has 0 heterocycles. The molecule has 0 radical (unpaired) electrons. The van der Waals surface area contributed by atoms with Crippen molar-refractivity contribution in [2.45, 2.75) is 27.2 Å². The summed E-state index contributed by atoms with van der Waals surface area (Å²) < 4.78 is 5.70. The molecule has 0 saturated heterocycles. The number of anilines is 1. The van der Waals surface area contributed by atoms with Crippen molar-refractivity contribution in [3.8, 4) is 5.75 Å². The van der Waals surface area contributed by atoms with Gasteiger partial charge in [0.15, 0.2) is 5.11 Å². The van der Waals surface area contributed by atoms with E-state index in [-0.39, 0.29) is 11.0 Å². The number of amides is 1. The Morgan fingerprint density at radius 2 is 2.05 bits per heavy atom. The molecule has 0 saturated carbocycles. The van der Waals surface area contributed by atoms with Crippen molar-refractivity contribution in [2.24, 2.45) is 5.92 Å². The van der Waals surface area contributed by atoms with E-state index < -0.39 is 0 Å². The van der Waals surface area contributed by atoms with Crippen molar-refractivity contribution in [1.29, 1.82) is 0 Å². The van der Waals surface area contributed by atoms with Crippen LogP contribution in [0.3, 0.4) is 0 Å². The van der Waals surface area contributed by atoms with Crippen molar-refractivity contribution >= 4 is 28.9 Å². The highest BCUT2D eigenvalue weighted by molar-refractivity contribution is 7.80. The number of para-hydroxylation sites is 2. The summed E-state index contributed by atoms with van der Waals surface area (Å²) in [5, 5.41) is 5.85. The lowest BCUT2D eigenvalue weighted by molar-refractivity contribution is -0.119. The molecular weight excluding hydrogens is 260 g/mol. The van der Waals surface area contributed by atoms with Crippen LogP contribution in [0.4, 0.5) is 5.69 Å². The van der Waals surface area contributed by atoms with Gasteiger partial charge in [0.1, 0.15) is 5.75 Å². The Balaban J connectivity index is 2.66. The lowest BCUT2D eigenvalue weighted by atomic mass is 10.2. The van der Waals surface area contributed by atoms with Crippen molar-refractivity contribution < 1.29 is 9.53 Å². The molecule has 0 spiro atoms. The van der Waals surface area contributed by atoms with Gasteiger partial charge in [-0.1, -0.05) is 32.9 Å². The molecule has 5 heteroatoms. The van der Waals surface area contributed by atoms with Gasteiger partial charge in [-0.3, -0.25) is 4.79 Å². The van der Waals surface area contributed by atoms with Gasteiger partial charge in [0.2, 0.25) is 5.91 Å². The lowest BCUT2D eigenvalue weighted by Gasteiger charge is -2.15. The van der Waals surface area contributed by atoms with Gasteiger partial charge in [-0.2, -0.15) is 0 Å². The molecule has 0 atom stereocenters. The largest absolute Gasteiger partial charge is 0.491 e. The first kappa shape index (κ1) is 15.4. The van der Waals surface area contributed by atoms with Gasteiger partial charge in [-0.05, 0) is 30.3 Å². The fraction of sp³-hybridized carbons (Fsp3) is 0.429. The summed E-state index contributed by atoms with van der Waals surface area (Å²) in [6, 6.07) is 7.51. The number of benzene rings is 1. The fourth-order valence-electron chi connectivity index (χ4n) is 1.32. The smallest absolute Gasteiger partial charge is 0.225 e. The molecule has 0 aromatic heterocycles. The van der Waals surface area contributed by atoms with E-state index in [1.54, 1.807) is 6.92 Å². The lowest BCUT2D eigenvalue weighted by Crippen LogP contribution is -2.33. The van der Waals surface area contributed by atoms with E-state index >= 15 is 0 Å². The number of hydrogen-bond acceptors (Lipinski definition) is 3. The van der Waals surface area contributed by atoms with E-state index in [0.29, 0.717) is 18.9 Å². The molecule has 0 unspecified atom stereocenters. The van der Waals surface area contributed by atoms with Crippen molar-refractivity contribution in [3.05, 3.63) is 24.3 Å². The highest BCUT2D eigenvalue weighted by Gasteiger charge is 2.07. The Morgan fingerprint density at radius 3 is 2.68 bits per heavy atom. The molecule has 0 bridgehead atoms. The number of rotatable bonds is 5. The highest BCUT2D eigenvalue weighted by Crippen LogP contribution is 2.24. The van der Waals surface area contributed by atoms with Gasteiger partial charge in [0.25, 0.3) is 0 Å². The number of carbonyl (C=O) groups excluding carboxylic acids is 1. The van der Waals surface area contributed by atoms with Gasteiger partial charge >= 0.3 is 0 Å². The van der Waals surface area contributed by atoms with Gasteiger partial charge in [0, 0.05) is 6.42 Å². The molecule has 1 rings (SSSR count). The average molecular weight is 280 g/mol. The molecule has 19 heavy (non-hydrogen) atoms. The summed E-state index contributed by atoms with van der Waals surface area (Å²) in [5.41, 5.74) is 0.754. The maximum atomic E-state index is 11.2. The predicted octanol–water partition coefficient (Wildman–Crippen LogP) is 2.94. The Hall–Kier alpha value is -1.62. The zero-order chi connectivity index (χ0) is 14.3. The minimum atomic E-state index is -0.113. The predicted molar refractivity (Wildman–Crippen MR) is 81.4 cm³/mol. The van der Waals surface area contributed by atoms with Crippen molar-refractivity contribution in [1.82, 2.24) is 5.32 Å². The van der Waals surface area contributed by atoms with E-state index in [4.69, 9.17) is 17.0 Å². The van der Waals surface area contributed by atoms with Crippen LogP contribution < -0.4 is 15.4 Å². The maximum absolute atomic E-state index is 11.2. The van der Waals surface area contributed by atoms with E-state index in [1.165, 1.54) is 0 Å². The SMILES string of the molecule is CCC(=O)NC(=S)Nc1ccccc1OCC(C)C. The summed E-state index contributed by atoms with van der Waals surface area (Å²) in [6.45, 7) is 6.58. The molecule has 1 amide bonds. The summed E-state index contributed by atoms with van der Waals surface area (Å²) in [5.74, 6) is 1.06. The van der Waals surface area contributed by atoms with Crippen LogP contribution in [-0.2, 0) is 4.79 Å². The second-order valence-corrected chi connectivity index (χ2v) is 4.97. The average Bonchev–Trinajstić information content (AvgIpc) is 2.37. The number of hydrogen-bond donors (Lipinski definition) is 2. The van der Waals surface area contributed by atoms with Crippen molar-refractivity contribution in [3.63, 3.8) is 0 Å². The molecule has 0 fully saturated rings. The first-order valence-electron chi connectivity index (χ1n) is 6.35. The first-order chi connectivity index (χ1) is 9.02. The Labute approximate surface area is 119 Å². The molecular formula is C14H20N2O2S. The van der Waals surface area contributed by atoms with Crippen LogP contribution in [0.25, 0.3) is 0 Å². The number of carbonyl (C=O) groups is 1. The van der Waals surface area contributed by atoms with Crippen LogP contribution in [0.2, 0.25) is 0 Å². The molecule has 104 valence electrons. The minimum absolute atomic E-state index is 0.113. The normalized spacial score (nSPS) is 10.1. The highest BCUT2D eigenvalue weighted by atomic mass is 32.1. The fourth-order valence-corrected chi connectivity index (χ4v) is 1.54. The zero-order valence-corrected chi connectivity index (χ0v) is 12.3. The monoisotopic (exact) mass is 280 g/mol. The molecule has 2 N–H and O–H groups in total. The van der Waals surface area contributed by atoms with Crippen LogP contribution in [0.15, 0.2) is 24.3 Å². The molecule has 0 aliphatic carbocycles. The van der Waals surface area contributed by atoms with Crippen LogP contribution in [0.1, 0.15) is 27.2 Å². The van der Waals surface area contributed by atoms with Gasteiger partial charge in [-0.15, -0.1) is 0 Å². The third-order valence-electron chi connectivity index (χ3n) is 2.28.